The van der Waals surface area contributed by atoms with Crippen LogP contribution in [0.1, 0.15) is 42.6 Å². The first-order valence-electron chi connectivity index (χ1n) is 8.34. The van der Waals surface area contributed by atoms with Crippen molar-refractivity contribution in [3.05, 3.63) is 51.8 Å². The number of anilines is 1. The molecule has 1 unspecified atom stereocenters. The van der Waals surface area contributed by atoms with Gasteiger partial charge < -0.3 is 15.0 Å². The van der Waals surface area contributed by atoms with E-state index >= 15 is 0 Å². The number of carbonyl (C=O) groups excluding carboxylic acids is 1. The van der Waals surface area contributed by atoms with Gasteiger partial charge in [-0.1, -0.05) is 19.1 Å². The summed E-state index contributed by atoms with van der Waals surface area (Å²) in [6.07, 6.45) is 2.01. The number of rotatable bonds is 4. The lowest BCUT2D eigenvalue weighted by atomic mass is 10.0. The SMILES string of the molecule is CCc1cc(C(=O)O)c(=O)[nH]c1-c1ccc(N2C(=O)CCC2C)cc1. The van der Waals surface area contributed by atoms with Gasteiger partial charge in [0, 0.05) is 18.2 Å². The second-order valence-electron chi connectivity index (χ2n) is 6.27. The smallest absolute Gasteiger partial charge is 0.341 e. The Morgan fingerprint density at radius 3 is 2.48 bits per heavy atom. The molecule has 6 nitrogen and oxygen atoms in total. The number of aryl methyl sites for hydroxylation is 1. The monoisotopic (exact) mass is 340 g/mol. The third-order valence-corrected chi connectivity index (χ3v) is 4.65. The Hall–Kier alpha value is -2.89. The van der Waals surface area contributed by atoms with Gasteiger partial charge in [0.25, 0.3) is 5.56 Å². The number of pyridine rings is 1. The van der Waals surface area contributed by atoms with Crippen LogP contribution in [-0.4, -0.2) is 28.0 Å². The summed E-state index contributed by atoms with van der Waals surface area (Å²) in [6, 6.07) is 9.02. The number of amides is 1. The van der Waals surface area contributed by atoms with Gasteiger partial charge in [-0.15, -0.1) is 0 Å². The highest BCUT2D eigenvalue weighted by Gasteiger charge is 2.28. The molecule has 25 heavy (non-hydrogen) atoms. The van der Waals surface area contributed by atoms with Crippen LogP contribution >= 0.6 is 0 Å². The van der Waals surface area contributed by atoms with E-state index in [0.717, 1.165) is 23.2 Å². The average Bonchev–Trinajstić information content (AvgIpc) is 2.93. The fourth-order valence-corrected chi connectivity index (χ4v) is 3.28. The van der Waals surface area contributed by atoms with Crippen LogP contribution < -0.4 is 10.5 Å². The number of hydrogen-bond acceptors (Lipinski definition) is 3. The topological polar surface area (TPSA) is 90.5 Å². The molecule has 2 aromatic rings. The van der Waals surface area contributed by atoms with Crippen molar-refractivity contribution in [2.24, 2.45) is 0 Å². The number of aromatic nitrogens is 1. The Balaban J connectivity index is 2.00. The zero-order valence-electron chi connectivity index (χ0n) is 14.2. The molecule has 1 aromatic heterocycles. The van der Waals surface area contributed by atoms with Gasteiger partial charge in [-0.2, -0.15) is 0 Å². The van der Waals surface area contributed by atoms with Crippen LogP contribution in [0.4, 0.5) is 5.69 Å². The van der Waals surface area contributed by atoms with E-state index in [1.807, 2.05) is 38.1 Å². The lowest BCUT2D eigenvalue weighted by molar-refractivity contribution is -0.117. The van der Waals surface area contributed by atoms with Gasteiger partial charge in [-0.25, -0.2) is 4.79 Å². The van der Waals surface area contributed by atoms with Crippen LogP contribution in [0.5, 0.6) is 0 Å². The summed E-state index contributed by atoms with van der Waals surface area (Å²) in [6.45, 7) is 3.93. The van der Waals surface area contributed by atoms with Crippen LogP contribution in [0.15, 0.2) is 35.1 Å². The molecule has 3 rings (SSSR count). The van der Waals surface area contributed by atoms with Gasteiger partial charge in [-0.3, -0.25) is 9.59 Å². The summed E-state index contributed by atoms with van der Waals surface area (Å²) in [5, 5.41) is 9.10. The van der Waals surface area contributed by atoms with Crippen LogP contribution in [0.25, 0.3) is 11.3 Å². The molecule has 2 N–H and O–H groups in total. The van der Waals surface area contributed by atoms with Crippen LogP contribution in [-0.2, 0) is 11.2 Å². The third-order valence-electron chi connectivity index (χ3n) is 4.65. The summed E-state index contributed by atoms with van der Waals surface area (Å²) in [7, 11) is 0. The predicted molar refractivity (Wildman–Crippen MR) is 95.0 cm³/mol. The summed E-state index contributed by atoms with van der Waals surface area (Å²) < 4.78 is 0. The van der Waals surface area contributed by atoms with Gasteiger partial charge in [0.2, 0.25) is 5.91 Å². The Morgan fingerprint density at radius 2 is 1.96 bits per heavy atom. The van der Waals surface area contributed by atoms with E-state index in [9.17, 15) is 14.4 Å². The highest BCUT2D eigenvalue weighted by atomic mass is 16.4. The van der Waals surface area contributed by atoms with Crippen molar-refractivity contribution in [1.82, 2.24) is 4.98 Å². The van der Waals surface area contributed by atoms with Crippen molar-refractivity contribution in [2.45, 2.75) is 39.2 Å². The molecule has 1 fully saturated rings. The first-order chi connectivity index (χ1) is 11.9. The Labute approximate surface area is 145 Å². The number of benzene rings is 1. The first kappa shape index (κ1) is 17.0. The van der Waals surface area contributed by atoms with E-state index < -0.39 is 11.5 Å². The predicted octanol–water partition coefficient (Wildman–Crippen LogP) is 2.82. The maximum absolute atomic E-state index is 12.0. The van der Waals surface area contributed by atoms with Gasteiger partial charge in [-0.05, 0) is 49.1 Å². The van der Waals surface area contributed by atoms with E-state index in [0.29, 0.717) is 18.5 Å². The maximum atomic E-state index is 12.0. The fourth-order valence-electron chi connectivity index (χ4n) is 3.28. The van der Waals surface area contributed by atoms with Crippen LogP contribution in [0.3, 0.4) is 0 Å². The van der Waals surface area contributed by atoms with Crippen molar-refractivity contribution in [1.29, 1.82) is 0 Å². The number of aromatic amines is 1. The molecule has 0 radical (unpaired) electrons. The summed E-state index contributed by atoms with van der Waals surface area (Å²) >= 11 is 0. The summed E-state index contributed by atoms with van der Waals surface area (Å²) in [5.74, 6) is -1.12. The van der Waals surface area contributed by atoms with Crippen molar-refractivity contribution >= 4 is 17.6 Å². The van der Waals surface area contributed by atoms with Gasteiger partial charge in [0.15, 0.2) is 0 Å². The second kappa shape index (κ2) is 6.55. The lowest BCUT2D eigenvalue weighted by Gasteiger charge is -2.22. The standard InChI is InChI=1S/C19H20N2O4/c1-3-12-10-15(19(24)25)18(23)20-17(12)13-5-7-14(8-6-13)21-11(2)4-9-16(21)22/h5-8,10-11H,3-4,9H2,1-2H3,(H,20,23)(H,24,25). The molecule has 0 aliphatic carbocycles. The van der Waals surface area contributed by atoms with Crippen molar-refractivity contribution in [2.75, 3.05) is 4.90 Å². The molecule has 0 spiro atoms. The molecular formula is C19H20N2O4. The Morgan fingerprint density at radius 1 is 1.28 bits per heavy atom. The van der Waals surface area contributed by atoms with Gasteiger partial charge in [0.05, 0.1) is 5.69 Å². The summed E-state index contributed by atoms with van der Waals surface area (Å²) in [5.41, 5.74) is 2.12. The van der Waals surface area contributed by atoms with Crippen molar-refractivity contribution in [3.8, 4) is 11.3 Å². The molecule has 1 aliphatic rings. The molecule has 1 aromatic carbocycles. The zero-order valence-corrected chi connectivity index (χ0v) is 14.2. The average molecular weight is 340 g/mol. The number of hydrogen-bond donors (Lipinski definition) is 2. The van der Waals surface area contributed by atoms with E-state index in [1.54, 1.807) is 4.90 Å². The molecule has 0 bridgehead atoms. The molecule has 130 valence electrons. The van der Waals surface area contributed by atoms with Crippen molar-refractivity contribution < 1.29 is 14.7 Å². The molecule has 1 aliphatic heterocycles. The quantitative estimate of drug-likeness (QED) is 0.895. The largest absolute Gasteiger partial charge is 0.477 e. The van der Waals surface area contributed by atoms with E-state index in [2.05, 4.69) is 4.98 Å². The van der Waals surface area contributed by atoms with Crippen LogP contribution in [0.2, 0.25) is 0 Å². The highest BCUT2D eigenvalue weighted by Crippen LogP contribution is 2.29. The molecular weight excluding hydrogens is 320 g/mol. The third kappa shape index (κ3) is 3.07. The first-order valence-corrected chi connectivity index (χ1v) is 8.34. The minimum atomic E-state index is -1.24. The summed E-state index contributed by atoms with van der Waals surface area (Å²) in [4.78, 5) is 39.6. The second-order valence-corrected chi connectivity index (χ2v) is 6.27. The number of carboxylic acid groups (broad SMARTS) is 1. The number of nitrogens with one attached hydrogen (secondary N) is 1. The minimum Gasteiger partial charge on any atom is -0.477 e. The molecule has 6 heteroatoms. The molecule has 1 amide bonds. The molecule has 1 saturated heterocycles. The number of H-pyrrole nitrogens is 1. The van der Waals surface area contributed by atoms with E-state index in [-0.39, 0.29) is 17.5 Å². The lowest BCUT2D eigenvalue weighted by Crippen LogP contribution is -2.30. The normalized spacial score (nSPS) is 17.1. The number of nitrogens with zero attached hydrogens (tertiary/aromatic N) is 1. The maximum Gasteiger partial charge on any atom is 0.341 e. The minimum absolute atomic E-state index is 0.119. The molecule has 0 saturated carbocycles. The van der Waals surface area contributed by atoms with E-state index in [4.69, 9.17) is 5.11 Å². The Bertz CT molecular complexity index is 883. The van der Waals surface area contributed by atoms with Gasteiger partial charge >= 0.3 is 5.97 Å². The Kier molecular flexibility index (Phi) is 4.44. The number of carbonyl (C=O) groups is 2. The molecule has 1 atom stereocenters. The van der Waals surface area contributed by atoms with Gasteiger partial charge in [0.1, 0.15) is 5.56 Å². The fraction of sp³-hybridized carbons (Fsp3) is 0.316. The van der Waals surface area contributed by atoms with E-state index in [1.165, 1.54) is 6.07 Å². The molecule has 2 heterocycles. The van der Waals surface area contributed by atoms with Crippen molar-refractivity contribution in [3.63, 3.8) is 0 Å². The number of aromatic carboxylic acids is 1. The zero-order chi connectivity index (χ0) is 18.1. The highest BCUT2D eigenvalue weighted by molar-refractivity contribution is 5.96. The number of carboxylic acids is 1. The van der Waals surface area contributed by atoms with Crippen LogP contribution in [0, 0.1) is 0 Å².